The zero-order chi connectivity index (χ0) is 22.1. The van der Waals surface area contributed by atoms with E-state index >= 15 is 0 Å². The van der Waals surface area contributed by atoms with Crippen molar-refractivity contribution in [3.63, 3.8) is 0 Å². The van der Waals surface area contributed by atoms with E-state index in [1.54, 1.807) is 0 Å². The Balaban J connectivity index is 3.66. The van der Waals surface area contributed by atoms with Crippen molar-refractivity contribution in [1.82, 2.24) is 0 Å². The maximum atomic E-state index is 12.0. The van der Waals surface area contributed by atoms with Crippen molar-refractivity contribution >= 4 is 11.9 Å². The lowest BCUT2D eigenvalue weighted by Gasteiger charge is -2.28. The van der Waals surface area contributed by atoms with E-state index in [1.165, 1.54) is 57.8 Å². The molecule has 0 radical (unpaired) electrons. The fourth-order valence-electron chi connectivity index (χ4n) is 3.83. The van der Waals surface area contributed by atoms with Crippen LogP contribution in [0.3, 0.4) is 0 Å². The molecule has 0 aromatic carbocycles. The molecule has 0 heterocycles. The van der Waals surface area contributed by atoms with Gasteiger partial charge in [0.25, 0.3) is 0 Å². The van der Waals surface area contributed by atoms with E-state index in [0.29, 0.717) is 17.4 Å². The Hall–Kier alpha value is -1.10. The minimum atomic E-state index is -0.924. The maximum absolute atomic E-state index is 12.0. The Morgan fingerprint density at radius 3 is 1.86 bits per heavy atom. The Labute approximate surface area is 179 Å². The van der Waals surface area contributed by atoms with Gasteiger partial charge in [-0.15, -0.1) is 0 Å². The minimum absolute atomic E-state index is 0.126. The lowest BCUT2D eigenvalue weighted by Crippen LogP contribution is -2.43. The van der Waals surface area contributed by atoms with E-state index in [-0.39, 0.29) is 12.4 Å². The van der Waals surface area contributed by atoms with Crippen LogP contribution in [-0.2, 0) is 14.3 Å². The van der Waals surface area contributed by atoms with Gasteiger partial charge in [-0.25, -0.2) is 0 Å². The van der Waals surface area contributed by atoms with Gasteiger partial charge in [-0.2, -0.15) is 0 Å². The molecule has 0 saturated carbocycles. The number of unbranched alkanes of at least 4 members (excludes halogenated alkanes) is 8. The van der Waals surface area contributed by atoms with Gasteiger partial charge < -0.3 is 14.3 Å². The minimum Gasteiger partial charge on any atom is -0.481 e. The molecule has 0 spiro atoms. The van der Waals surface area contributed by atoms with E-state index in [9.17, 15) is 9.59 Å². The lowest BCUT2D eigenvalue weighted by molar-refractivity contribution is -0.873. The number of quaternary nitrogens is 1. The second-order valence-electron chi connectivity index (χ2n) is 9.80. The first-order chi connectivity index (χ1) is 13.6. The third-order valence-electron chi connectivity index (χ3n) is 5.31. The first-order valence-corrected chi connectivity index (χ1v) is 11.9. The Kier molecular flexibility index (Phi) is 16.0. The monoisotopic (exact) mass is 414 g/mol. The lowest BCUT2D eigenvalue weighted by atomic mass is 9.98. The third-order valence-corrected chi connectivity index (χ3v) is 5.31. The molecule has 29 heavy (non-hydrogen) atoms. The summed E-state index contributed by atoms with van der Waals surface area (Å²) in [4.78, 5) is 23.0. The molecule has 0 aliphatic heterocycles. The Morgan fingerprint density at radius 2 is 1.38 bits per heavy atom. The van der Waals surface area contributed by atoms with Gasteiger partial charge in [-0.05, 0) is 12.3 Å². The van der Waals surface area contributed by atoms with E-state index < -0.39 is 12.1 Å². The summed E-state index contributed by atoms with van der Waals surface area (Å²) in [6.07, 6.45) is 14.8. The highest BCUT2D eigenvalue weighted by atomic mass is 16.5. The molecule has 2 atom stereocenters. The summed E-state index contributed by atoms with van der Waals surface area (Å²) in [5.74, 6) is -0.299. The van der Waals surface area contributed by atoms with Gasteiger partial charge in [0, 0.05) is 6.42 Å². The Morgan fingerprint density at radius 1 is 0.862 bits per heavy atom. The van der Waals surface area contributed by atoms with Gasteiger partial charge in [-0.3, -0.25) is 9.59 Å². The SMILES string of the molecule is CCCC(C)CCCCCCCCCCCC(=O)OC(CC(=O)O)C[N+](C)(C)C. The number of hydrogen-bond acceptors (Lipinski definition) is 3. The largest absolute Gasteiger partial charge is 0.481 e. The summed E-state index contributed by atoms with van der Waals surface area (Å²) in [5, 5.41) is 9.01. The van der Waals surface area contributed by atoms with Crippen LogP contribution in [0, 0.1) is 5.92 Å². The molecule has 2 unspecified atom stereocenters. The third kappa shape index (κ3) is 20.0. The van der Waals surface area contributed by atoms with Crippen LogP contribution in [0.2, 0.25) is 0 Å². The van der Waals surface area contributed by atoms with Gasteiger partial charge in [0.1, 0.15) is 6.54 Å². The smallest absolute Gasteiger partial charge is 0.307 e. The van der Waals surface area contributed by atoms with Crippen LogP contribution < -0.4 is 0 Å². The number of carbonyl (C=O) groups is 2. The summed E-state index contributed by atoms with van der Waals surface area (Å²) in [7, 11) is 5.90. The van der Waals surface area contributed by atoms with E-state index in [2.05, 4.69) is 13.8 Å². The van der Waals surface area contributed by atoms with Crippen LogP contribution in [0.15, 0.2) is 0 Å². The Bertz CT molecular complexity index is 431. The highest BCUT2D eigenvalue weighted by Gasteiger charge is 2.24. The summed E-state index contributed by atoms with van der Waals surface area (Å²) >= 11 is 0. The predicted octanol–water partition coefficient (Wildman–Crippen LogP) is 5.81. The molecular formula is C24H48NO4+. The standard InChI is InChI=1S/C24H47NO4/c1-6-16-21(2)17-14-12-10-8-7-9-11-13-15-18-24(28)29-22(19-23(26)27)20-25(3,4)5/h21-22H,6-20H2,1-5H3/p+1. The zero-order valence-electron chi connectivity index (χ0n) is 19.9. The fraction of sp³-hybridized carbons (Fsp3) is 0.917. The molecule has 0 amide bonds. The molecular weight excluding hydrogens is 366 g/mol. The highest BCUT2D eigenvalue weighted by Crippen LogP contribution is 2.16. The number of likely N-dealkylation sites (N-methyl/N-ethyl adjacent to an activating group) is 1. The molecule has 0 aliphatic rings. The first kappa shape index (κ1) is 27.9. The van der Waals surface area contributed by atoms with Crippen LogP contribution >= 0.6 is 0 Å². The molecule has 0 rings (SSSR count). The van der Waals surface area contributed by atoms with Crippen LogP contribution in [0.4, 0.5) is 0 Å². The molecule has 0 bridgehead atoms. The molecule has 0 aliphatic carbocycles. The first-order valence-electron chi connectivity index (χ1n) is 11.9. The van der Waals surface area contributed by atoms with Crippen LogP contribution in [0.1, 0.15) is 104 Å². The van der Waals surface area contributed by atoms with Crippen LogP contribution in [0.25, 0.3) is 0 Å². The van der Waals surface area contributed by atoms with E-state index in [1.807, 2.05) is 21.1 Å². The average Bonchev–Trinajstić information content (AvgIpc) is 2.57. The summed E-state index contributed by atoms with van der Waals surface area (Å²) in [6, 6.07) is 0. The quantitative estimate of drug-likeness (QED) is 0.165. The van der Waals surface area contributed by atoms with Gasteiger partial charge in [0.05, 0.1) is 27.6 Å². The molecule has 0 fully saturated rings. The second-order valence-corrected chi connectivity index (χ2v) is 9.80. The van der Waals surface area contributed by atoms with Crippen molar-refractivity contribution in [2.45, 2.75) is 110 Å². The number of nitrogens with zero attached hydrogens (tertiary/aromatic N) is 1. The van der Waals surface area contributed by atoms with Crippen molar-refractivity contribution < 1.29 is 23.9 Å². The van der Waals surface area contributed by atoms with Crippen molar-refractivity contribution in [1.29, 1.82) is 0 Å². The summed E-state index contributed by atoms with van der Waals surface area (Å²) in [6.45, 7) is 5.15. The number of carboxylic acids is 1. The fourth-order valence-corrected chi connectivity index (χ4v) is 3.83. The number of carbonyl (C=O) groups excluding carboxylic acids is 1. The second kappa shape index (κ2) is 16.7. The number of ether oxygens (including phenoxy) is 1. The topological polar surface area (TPSA) is 63.6 Å². The predicted molar refractivity (Wildman–Crippen MR) is 120 cm³/mol. The highest BCUT2D eigenvalue weighted by molar-refractivity contribution is 5.71. The van der Waals surface area contributed by atoms with Gasteiger partial charge in [0.2, 0.25) is 0 Å². The zero-order valence-corrected chi connectivity index (χ0v) is 19.9. The van der Waals surface area contributed by atoms with Crippen LogP contribution in [-0.4, -0.2) is 55.3 Å². The van der Waals surface area contributed by atoms with Crippen molar-refractivity contribution in [2.75, 3.05) is 27.7 Å². The normalized spacial score (nSPS) is 13.8. The number of aliphatic carboxylic acids is 1. The van der Waals surface area contributed by atoms with Crippen molar-refractivity contribution in [3.05, 3.63) is 0 Å². The summed E-state index contributed by atoms with van der Waals surface area (Å²) in [5.41, 5.74) is 0. The number of esters is 1. The molecule has 1 N–H and O–H groups in total. The average molecular weight is 415 g/mol. The van der Waals surface area contributed by atoms with Gasteiger partial charge >= 0.3 is 11.9 Å². The summed E-state index contributed by atoms with van der Waals surface area (Å²) < 4.78 is 5.99. The molecule has 5 nitrogen and oxygen atoms in total. The molecule has 0 saturated heterocycles. The van der Waals surface area contributed by atoms with Crippen molar-refractivity contribution in [3.8, 4) is 0 Å². The molecule has 0 aromatic rings. The molecule has 0 aromatic heterocycles. The van der Waals surface area contributed by atoms with Gasteiger partial charge in [-0.1, -0.05) is 84.5 Å². The van der Waals surface area contributed by atoms with Gasteiger partial charge in [0.15, 0.2) is 6.10 Å². The number of carboxylic acid groups (broad SMARTS) is 1. The molecule has 172 valence electrons. The molecule has 5 heteroatoms. The van der Waals surface area contributed by atoms with E-state index in [0.717, 1.165) is 25.2 Å². The number of rotatable bonds is 19. The maximum Gasteiger partial charge on any atom is 0.307 e. The van der Waals surface area contributed by atoms with Crippen LogP contribution in [0.5, 0.6) is 0 Å². The van der Waals surface area contributed by atoms with E-state index in [4.69, 9.17) is 9.84 Å². The number of hydrogen-bond donors (Lipinski definition) is 1. The van der Waals surface area contributed by atoms with Crippen molar-refractivity contribution in [2.24, 2.45) is 5.92 Å².